The first-order valence-electron chi connectivity index (χ1n) is 5.81. The molecule has 1 atom stereocenters. The maximum absolute atomic E-state index is 8.74. The molecule has 0 bridgehead atoms. The van der Waals surface area contributed by atoms with Crippen molar-refractivity contribution in [2.24, 2.45) is 0 Å². The van der Waals surface area contributed by atoms with Gasteiger partial charge in [0.2, 0.25) is 0 Å². The van der Waals surface area contributed by atoms with Crippen molar-refractivity contribution in [2.45, 2.75) is 25.8 Å². The maximum Gasteiger partial charge on any atom is 0.0431 e. The summed E-state index contributed by atoms with van der Waals surface area (Å²) in [5, 5.41) is 8.74. The quantitative estimate of drug-likeness (QED) is 0.572. The summed E-state index contributed by atoms with van der Waals surface area (Å²) in [6.07, 6.45) is 1.90. The number of anilines is 1. The summed E-state index contributed by atoms with van der Waals surface area (Å²) in [5.74, 6) is 0. The number of unbranched alkanes of at least 4 members (excludes halogenated alkanes) is 1. The number of hydrogen-bond acceptors (Lipinski definition) is 3. The molecular formula is C13H22N2O. The fourth-order valence-corrected chi connectivity index (χ4v) is 1.74. The molecule has 16 heavy (non-hydrogen) atoms. The van der Waals surface area contributed by atoms with Gasteiger partial charge in [-0.3, -0.25) is 4.90 Å². The van der Waals surface area contributed by atoms with E-state index >= 15 is 0 Å². The molecule has 0 saturated heterocycles. The van der Waals surface area contributed by atoms with Gasteiger partial charge in [0.15, 0.2) is 0 Å². The third kappa shape index (κ3) is 3.83. The molecule has 0 fully saturated rings. The standard InChI is InChI=1S/C13H22N2O/c1-11(15(2)8-3-4-9-16)12-6-5-7-13(14)10-12/h5-7,10-11,16H,3-4,8-9,14H2,1-2H3. The first kappa shape index (κ1) is 13.0. The zero-order chi connectivity index (χ0) is 12.0. The number of nitrogens with two attached hydrogens (primary N) is 1. The number of aliphatic hydroxyl groups excluding tert-OH is 1. The van der Waals surface area contributed by atoms with Crippen molar-refractivity contribution in [3.05, 3.63) is 29.8 Å². The van der Waals surface area contributed by atoms with Crippen LogP contribution in [0.1, 0.15) is 31.4 Å². The lowest BCUT2D eigenvalue weighted by atomic mass is 10.1. The van der Waals surface area contributed by atoms with E-state index in [4.69, 9.17) is 10.8 Å². The monoisotopic (exact) mass is 222 g/mol. The van der Waals surface area contributed by atoms with Crippen LogP contribution in [0.2, 0.25) is 0 Å². The summed E-state index contributed by atoms with van der Waals surface area (Å²) < 4.78 is 0. The van der Waals surface area contributed by atoms with Crippen molar-refractivity contribution in [3.63, 3.8) is 0 Å². The van der Waals surface area contributed by atoms with Crippen LogP contribution in [0, 0.1) is 0 Å². The van der Waals surface area contributed by atoms with Crippen LogP contribution in [0.25, 0.3) is 0 Å². The molecule has 90 valence electrons. The fourth-order valence-electron chi connectivity index (χ4n) is 1.74. The van der Waals surface area contributed by atoms with Gasteiger partial charge in [0.25, 0.3) is 0 Å². The molecule has 0 saturated carbocycles. The Morgan fingerprint density at radius 3 is 2.75 bits per heavy atom. The van der Waals surface area contributed by atoms with Crippen molar-refractivity contribution < 1.29 is 5.11 Å². The van der Waals surface area contributed by atoms with Gasteiger partial charge in [0.05, 0.1) is 0 Å². The molecule has 1 unspecified atom stereocenters. The van der Waals surface area contributed by atoms with Crippen molar-refractivity contribution in [2.75, 3.05) is 25.9 Å². The Kier molecular flexibility index (Phi) is 5.29. The largest absolute Gasteiger partial charge is 0.399 e. The number of nitrogens with zero attached hydrogens (tertiary/aromatic N) is 1. The molecule has 0 heterocycles. The molecule has 0 aliphatic carbocycles. The second-order valence-electron chi connectivity index (χ2n) is 4.26. The third-order valence-electron chi connectivity index (χ3n) is 2.97. The van der Waals surface area contributed by atoms with Crippen molar-refractivity contribution in [3.8, 4) is 0 Å². The van der Waals surface area contributed by atoms with Gasteiger partial charge in [0, 0.05) is 18.3 Å². The SMILES string of the molecule is CC(c1cccc(N)c1)N(C)CCCCO. The summed E-state index contributed by atoms with van der Waals surface area (Å²) >= 11 is 0. The first-order valence-corrected chi connectivity index (χ1v) is 5.81. The Labute approximate surface area is 97.9 Å². The summed E-state index contributed by atoms with van der Waals surface area (Å²) in [4.78, 5) is 2.28. The molecule has 3 heteroatoms. The highest BCUT2D eigenvalue weighted by atomic mass is 16.2. The van der Waals surface area contributed by atoms with Crippen LogP contribution in [0.4, 0.5) is 5.69 Å². The molecular weight excluding hydrogens is 200 g/mol. The van der Waals surface area contributed by atoms with E-state index in [2.05, 4.69) is 24.9 Å². The lowest BCUT2D eigenvalue weighted by Crippen LogP contribution is -2.23. The highest BCUT2D eigenvalue weighted by molar-refractivity contribution is 5.41. The van der Waals surface area contributed by atoms with E-state index in [0.717, 1.165) is 25.1 Å². The molecule has 3 nitrogen and oxygen atoms in total. The molecule has 0 aliphatic rings. The summed E-state index contributed by atoms with van der Waals surface area (Å²) in [6, 6.07) is 8.38. The van der Waals surface area contributed by atoms with Crippen LogP contribution in [0.3, 0.4) is 0 Å². The lowest BCUT2D eigenvalue weighted by molar-refractivity contribution is 0.234. The number of nitrogen functional groups attached to an aromatic ring is 1. The van der Waals surface area contributed by atoms with Crippen molar-refractivity contribution >= 4 is 5.69 Å². The lowest BCUT2D eigenvalue weighted by Gasteiger charge is -2.25. The Morgan fingerprint density at radius 2 is 2.12 bits per heavy atom. The van der Waals surface area contributed by atoms with Crippen LogP contribution in [0.15, 0.2) is 24.3 Å². The third-order valence-corrected chi connectivity index (χ3v) is 2.97. The Bertz CT molecular complexity index is 315. The first-order chi connectivity index (χ1) is 7.65. The molecule has 0 aliphatic heterocycles. The predicted molar refractivity (Wildman–Crippen MR) is 68.2 cm³/mol. The predicted octanol–water partition coefficient (Wildman–Crippen LogP) is 2.03. The molecule has 0 spiro atoms. The molecule has 0 aromatic heterocycles. The summed E-state index contributed by atoms with van der Waals surface area (Å²) in [7, 11) is 2.10. The second kappa shape index (κ2) is 6.51. The molecule has 1 rings (SSSR count). The van der Waals surface area contributed by atoms with Gasteiger partial charge in [-0.1, -0.05) is 12.1 Å². The van der Waals surface area contributed by atoms with Gasteiger partial charge in [0.1, 0.15) is 0 Å². The van der Waals surface area contributed by atoms with E-state index in [1.807, 2.05) is 18.2 Å². The van der Waals surface area contributed by atoms with Crippen LogP contribution in [-0.4, -0.2) is 30.2 Å². The van der Waals surface area contributed by atoms with Crippen LogP contribution < -0.4 is 5.73 Å². The summed E-state index contributed by atoms with van der Waals surface area (Å²) in [5.41, 5.74) is 7.82. The van der Waals surface area contributed by atoms with Crippen LogP contribution >= 0.6 is 0 Å². The molecule has 1 aromatic carbocycles. The topological polar surface area (TPSA) is 49.5 Å². The number of hydrogen-bond donors (Lipinski definition) is 2. The van der Waals surface area contributed by atoms with E-state index < -0.39 is 0 Å². The summed E-state index contributed by atoms with van der Waals surface area (Å²) in [6.45, 7) is 3.45. The van der Waals surface area contributed by atoms with Gasteiger partial charge in [-0.15, -0.1) is 0 Å². The molecule has 0 amide bonds. The van der Waals surface area contributed by atoms with E-state index in [0.29, 0.717) is 6.04 Å². The zero-order valence-corrected chi connectivity index (χ0v) is 10.2. The Morgan fingerprint density at radius 1 is 1.38 bits per heavy atom. The Hall–Kier alpha value is -1.06. The average molecular weight is 222 g/mol. The second-order valence-corrected chi connectivity index (χ2v) is 4.26. The minimum Gasteiger partial charge on any atom is -0.399 e. The van der Waals surface area contributed by atoms with Gasteiger partial charge >= 0.3 is 0 Å². The maximum atomic E-state index is 8.74. The van der Waals surface area contributed by atoms with E-state index in [9.17, 15) is 0 Å². The van der Waals surface area contributed by atoms with Crippen molar-refractivity contribution in [1.29, 1.82) is 0 Å². The van der Waals surface area contributed by atoms with E-state index in [1.54, 1.807) is 0 Å². The minimum atomic E-state index is 0.278. The minimum absolute atomic E-state index is 0.278. The van der Waals surface area contributed by atoms with Crippen LogP contribution in [-0.2, 0) is 0 Å². The molecule has 0 radical (unpaired) electrons. The fraction of sp³-hybridized carbons (Fsp3) is 0.538. The highest BCUT2D eigenvalue weighted by Crippen LogP contribution is 2.20. The van der Waals surface area contributed by atoms with E-state index in [-0.39, 0.29) is 6.61 Å². The number of aliphatic hydroxyl groups is 1. The number of rotatable bonds is 6. The molecule has 3 N–H and O–H groups in total. The Balaban J connectivity index is 2.52. The van der Waals surface area contributed by atoms with Gasteiger partial charge in [-0.25, -0.2) is 0 Å². The number of benzene rings is 1. The average Bonchev–Trinajstić information content (AvgIpc) is 2.28. The molecule has 1 aromatic rings. The zero-order valence-electron chi connectivity index (χ0n) is 10.2. The van der Waals surface area contributed by atoms with Crippen LogP contribution in [0.5, 0.6) is 0 Å². The highest BCUT2D eigenvalue weighted by Gasteiger charge is 2.10. The normalized spacial score (nSPS) is 13.0. The van der Waals surface area contributed by atoms with Gasteiger partial charge < -0.3 is 10.8 Å². The van der Waals surface area contributed by atoms with Gasteiger partial charge in [-0.2, -0.15) is 0 Å². The van der Waals surface area contributed by atoms with Crippen molar-refractivity contribution in [1.82, 2.24) is 4.90 Å². The smallest absolute Gasteiger partial charge is 0.0431 e. The van der Waals surface area contributed by atoms with Gasteiger partial charge in [-0.05, 0) is 51.1 Å². The van der Waals surface area contributed by atoms with E-state index in [1.165, 1.54) is 5.56 Å².